The second kappa shape index (κ2) is 4.84. The number of anilines is 1. The van der Waals surface area contributed by atoms with Crippen LogP contribution < -0.4 is 10.6 Å². The van der Waals surface area contributed by atoms with Crippen molar-refractivity contribution in [2.24, 2.45) is 5.92 Å². The van der Waals surface area contributed by atoms with E-state index < -0.39 is 0 Å². The van der Waals surface area contributed by atoms with Gasteiger partial charge in [0, 0.05) is 12.1 Å². The Morgan fingerprint density at radius 1 is 1.47 bits per heavy atom. The summed E-state index contributed by atoms with van der Waals surface area (Å²) in [5, 5.41) is 15.5. The van der Waals surface area contributed by atoms with Crippen LogP contribution in [-0.4, -0.2) is 18.0 Å². The van der Waals surface area contributed by atoms with Crippen molar-refractivity contribution in [3.8, 4) is 6.07 Å². The molecule has 2 aliphatic heterocycles. The fraction of sp³-hybridized carbons (Fsp3) is 0.429. The van der Waals surface area contributed by atoms with Crippen molar-refractivity contribution in [3.63, 3.8) is 0 Å². The summed E-state index contributed by atoms with van der Waals surface area (Å²) in [7, 11) is 0. The molecule has 5 heteroatoms. The molecule has 0 spiro atoms. The number of amides is 1. The quantitative estimate of drug-likeness (QED) is 0.870. The van der Waals surface area contributed by atoms with Gasteiger partial charge in [0.2, 0.25) is 5.91 Å². The molecule has 3 rings (SSSR count). The molecule has 0 saturated carbocycles. The number of carbonyl (C=O) groups excluding carboxylic acids is 1. The van der Waals surface area contributed by atoms with Gasteiger partial charge in [-0.15, -0.1) is 0 Å². The molecular weight excluding hydrogens is 262 g/mol. The molecule has 3 unspecified atom stereocenters. The first-order chi connectivity index (χ1) is 9.17. The van der Waals surface area contributed by atoms with E-state index in [1.165, 1.54) is 6.42 Å². The maximum Gasteiger partial charge on any atom is 0.229 e. The smallest absolute Gasteiger partial charge is 0.229 e. The van der Waals surface area contributed by atoms with Gasteiger partial charge < -0.3 is 10.6 Å². The van der Waals surface area contributed by atoms with Gasteiger partial charge in [-0.25, -0.2) is 0 Å². The number of benzene rings is 1. The number of hydrogen-bond donors (Lipinski definition) is 2. The molecule has 2 bridgehead atoms. The van der Waals surface area contributed by atoms with E-state index in [0.29, 0.717) is 28.4 Å². The summed E-state index contributed by atoms with van der Waals surface area (Å²) in [6.07, 6.45) is 3.15. The van der Waals surface area contributed by atoms with Crippen LogP contribution in [0.15, 0.2) is 18.2 Å². The normalized spacial score (nSPS) is 28.1. The van der Waals surface area contributed by atoms with Gasteiger partial charge in [-0.3, -0.25) is 4.79 Å². The van der Waals surface area contributed by atoms with Crippen molar-refractivity contribution >= 4 is 23.2 Å². The number of nitrogens with zero attached hydrogens (tertiary/aromatic N) is 1. The summed E-state index contributed by atoms with van der Waals surface area (Å²) in [6.45, 7) is 0. The van der Waals surface area contributed by atoms with Gasteiger partial charge in [0.05, 0.1) is 28.3 Å². The summed E-state index contributed by atoms with van der Waals surface area (Å²) in [4.78, 5) is 12.2. The molecular formula is C14H14ClN3O. The number of fused-ring (bicyclic) bond motifs is 2. The number of nitriles is 1. The lowest BCUT2D eigenvalue weighted by molar-refractivity contribution is -0.120. The van der Waals surface area contributed by atoms with E-state index in [9.17, 15) is 4.79 Å². The molecule has 0 aromatic heterocycles. The van der Waals surface area contributed by atoms with Gasteiger partial charge >= 0.3 is 0 Å². The molecule has 2 heterocycles. The Morgan fingerprint density at radius 2 is 2.32 bits per heavy atom. The van der Waals surface area contributed by atoms with E-state index in [4.69, 9.17) is 16.9 Å². The van der Waals surface area contributed by atoms with E-state index >= 15 is 0 Å². The van der Waals surface area contributed by atoms with Gasteiger partial charge in [0.25, 0.3) is 0 Å². The lowest BCUT2D eigenvalue weighted by atomic mass is 9.88. The van der Waals surface area contributed by atoms with Crippen LogP contribution in [0.1, 0.15) is 24.8 Å². The monoisotopic (exact) mass is 275 g/mol. The Bertz CT molecular complexity index is 566. The van der Waals surface area contributed by atoms with E-state index in [0.717, 1.165) is 12.8 Å². The molecule has 2 fully saturated rings. The van der Waals surface area contributed by atoms with Gasteiger partial charge in [0.15, 0.2) is 0 Å². The summed E-state index contributed by atoms with van der Waals surface area (Å²) < 4.78 is 0. The molecule has 4 nitrogen and oxygen atoms in total. The van der Waals surface area contributed by atoms with Crippen molar-refractivity contribution in [1.82, 2.24) is 5.32 Å². The largest absolute Gasteiger partial charge is 0.324 e. The topological polar surface area (TPSA) is 64.9 Å². The molecule has 2 aliphatic rings. The predicted octanol–water partition coefficient (Wildman–Crippen LogP) is 2.29. The third-order valence-corrected chi connectivity index (χ3v) is 4.31. The van der Waals surface area contributed by atoms with Crippen LogP contribution in [0.3, 0.4) is 0 Å². The Balaban J connectivity index is 1.72. The van der Waals surface area contributed by atoms with Crippen molar-refractivity contribution < 1.29 is 4.79 Å². The van der Waals surface area contributed by atoms with Crippen molar-refractivity contribution in [3.05, 3.63) is 28.8 Å². The minimum absolute atomic E-state index is 0.0197. The average Bonchev–Trinajstić information content (AvgIpc) is 3.03. The first-order valence-corrected chi connectivity index (χ1v) is 6.82. The number of halogens is 1. The van der Waals surface area contributed by atoms with E-state index in [1.54, 1.807) is 18.2 Å². The van der Waals surface area contributed by atoms with Crippen molar-refractivity contribution in [1.29, 1.82) is 5.26 Å². The van der Waals surface area contributed by atoms with Gasteiger partial charge in [-0.05, 0) is 37.5 Å². The summed E-state index contributed by atoms with van der Waals surface area (Å²) in [6, 6.07) is 7.72. The summed E-state index contributed by atoms with van der Waals surface area (Å²) in [5.74, 6) is 0.0526. The summed E-state index contributed by atoms with van der Waals surface area (Å²) in [5.41, 5.74) is 1.07. The van der Waals surface area contributed by atoms with E-state index in [-0.39, 0.29) is 11.8 Å². The molecule has 1 aromatic rings. The molecule has 0 radical (unpaired) electrons. The number of nitrogens with one attached hydrogen (secondary N) is 2. The van der Waals surface area contributed by atoms with Gasteiger partial charge in [-0.2, -0.15) is 5.26 Å². The molecule has 0 aliphatic carbocycles. The summed E-state index contributed by atoms with van der Waals surface area (Å²) >= 11 is 6.06. The van der Waals surface area contributed by atoms with Crippen LogP contribution >= 0.6 is 11.6 Å². The highest BCUT2D eigenvalue weighted by Gasteiger charge is 2.42. The zero-order valence-electron chi connectivity index (χ0n) is 10.3. The molecule has 2 saturated heterocycles. The zero-order valence-corrected chi connectivity index (χ0v) is 11.1. The lowest BCUT2D eigenvalue weighted by Gasteiger charge is -2.19. The fourth-order valence-corrected chi connectivity index (χ4v) is 3.25. The van der Waals surface area contributed by atoms with Crippen LogP contribution in [0.25, 0.3) is 0 Å². The Morgan fingerprint density at radius 3 is 2.89 bits per heavy atom. The van der Waals surface area contributed by atoms with Gasteiger partial charge in [-0.1, -0.05) is 11.6 Å². The van der Waals surface area contributed by atoms with Crippen LogP contribution in [-0.2, 0) is 4.79 Å². The number of rotatable bonds is 2. The second-order valence-electron chi connectivity index (χ2n) is 5.19. The number of hydrogen-bond acceptors (Lipinski definition) is 3. The molecule has 19 heavy (non-hydrogen) atoms. The predicted molar refractivity (Wildman–Crippen MR) is 72.8 cm³/mol. The van der Waals surface area contributed by atoms with Crippen LogP contribution in [0.4, 0.5) is 5.69 Å². The first kappa shape index (κ1) is 12.5. The minimum Gasteiger partial charge on any atom is -0.324 e. The number of carbonyl (C=O) groups is 1. The molecule has 1 aromatic carbocycles. The lowest BCUT2D eigenvalue weighted by Crippen LogP contribution is -2.32. The van der Waals surface area contributed by atoms with Gasteiger partial charge in [0.1, 0.15) is 0 Å². The third-order valence-electron chi connectivity index (χ3n) is 3.99. The highest BCUT2D eigenvalue weighted by atomic mass is 35.5. The van der Waals surface area contributed by atoms with E-state index in [2.05, 4.69) is 10.6 Å². The van der Waals surface area contributed by atoms with E-state index in [1.807, 2.05) is 6.07 Å². The minimum atomic E-state index is 0.0197. The first-order valence-electron chi connectivity index (χ1n) is 6.44. The van der Waals surface area contributed by atoms with Crippen molar-refractivity contribution in [2.45, 2.75) is 31.3 Å². The highest BCUT2D eigenvalue weighted by molar-refractivity contribution is 6.33. The van der Waals surface area contributed by atoms with Crippen LogP contribution in [0, 0.1) is 17.2 Å². The standard InChI is InChI=1S/C14H14ClN3O/c15-11-5-8(7-16)1-3-13(11)18-14(19)10-6-9-2-4-12(10)17-9/h1,3,5,9-10,12,17H,2,4,6H2,(H,18,19). The Hall–Kier alpha value is -1.57. The molecule has 2 N–H and O–H groups in total. The second-order valence-corrected chi connectivity index (χ2v) is 5.59. The zero-order chi connectivity index (χ0) is 13.4. The Kier molecular flexibility index (Phi) is 3.17. The highest BCUT2D eigenvalue weighted by Crippen LogP contribution is 2.34. The van der Waals surface area contributed by atoms with Crippen molar-refractivity contribution in [2.75, 3.05) is 5.32 Å². The maximum absolute atomic E-state index is 12.2. The SMILES string of the molecule is N#Cc1ccc(NC(=O)C2CC3CCC2N3)c(Cl)c1. The molecule has 3 atom stereocenters. The Labute approximate surface area is 116 Å². The van der Waals surface area contributed by atoms with Crippen LogP contribution in [0.5, 0.6) is 0 Å². The molecule has 98 valence electrons. The van der Waals surface area contributed by atoms with Crippen LogP contribution in [0.2, 0.25) is 5.02 Å². The fourth-order valence-electron chi connectivity index (χ4n) is 3.03. The maximum atomic E-state index is 12.2. The average molecular weight is 276 g/mol. The molecule has 1 amide bonds. The third kappa shape index (κ3) is 2.32.